The lowest BCUT2D eigenvalue weighted by atomic mass is 9.82. The Balaban J connectivity index is 1.21. The van der Waals surface area contributed by atoms with Crippen molar-refractivity contribution < 1.29 is 24.2 Å². The maximum Gasteiger partial charge on any atom is 0.408 e. The first kappa shape index (κ1) is 23.4. The summed E-state index contributed by atoms with van der Waals surface area (Å²) < 4.78 is 5.63. The second kappa shape index (κ2) is 9.72. The molecule has 0 aliphatic heterocycles. The van der Waals surface area contributed by atoms with Crippen LogP contribution in [-0.4, -0.2) is 41.3 Å². The molecule has 1 unspecified atom stereocenters. The van der Waals surface area contributed by atoms with Gasteiger partial charge in [-0.05, 0) is 53.9 Å². The van der Waals surface area contributed by atoms with Crippen LogP contribution in [0.1, 0.15) is 68.4 Å². The summed E-state index contributed by atoms with van der Waals surface area (Å²) in [5.74, 6) is -1.12. The third-order valence-electron chi connectivity index (χ3n) is 7.80. The van der Waals surface area contributed by atoms with Gasteiger partial charge in [0.15, 0.2) is 0 Å². The summed E-state index contributed by atoms with van der Waals surface area (Å²) in [6.45, 7) is 0.182. The highest BCUT2D eigenvalue weighted by Crippen LogP contribution is 2.44. The van der Waals surface area contributed by atoms with Crippen molar-refractivity contribution in [2.75, 3.05) is 6.61 Å². The zero-order valence-electron chi connectivity index (χ0n) is 19.8. The molecule has 2 saturated carbocycles. The minimum absolute atomic E-state index is 0.0524. The second-order valence-electron chi connectivity index (χ2n) is 10.1. The molecule has 2 aromatic carbocycles. The Hall–Kier alpha value is -3.35. The average Bonchev–Trinajstić information content (AvgIpc) is 3.58. The highest BCUT2D eigenvalue weighted by Gasteiger charge is 2.52. The van der Waals surface area contributed by atoms with Crippen LogP contribution in [0.5, 0.6) is 0 Å². The number of ether oxygens (including phenoxy) is 1. The molecule has 7 heteroatoms. The average molecular weight is 477 g/mol. The van der Waals surface area contributed by atoms with Crippen LogP contribution in [0.15, 0.2) is 48.5 Å². The smallest absolute Gasteiger partial charge is 0.408 e. The van der Waals surface area contributed by atoms with Crippen LogP contribution in [-0.2, 0) is 14.3 Å². The molecule has 184 valence electrons. The van der Waals surface area contributed by atoms with Crippen molar-refractivity contribution in [2.24, 2.45) is 5.92 Å². The van der Waals surface area contributed by atoms with Crippen molar-refractivity contribution in [2.45, 2.75) is 68.9 Å². The predicted octanol–water partition coefficient (Wildman–Crippen LogP) is 4.60. The van der Waals surface area contributed by atoms with E-state index in [1.165, 1.54) is 0 Å². The molecule has 7 nitrogen and oxygen atoms in total. The molecule has 2 aromatic rings. The summed E-state index contributed by atoms with van der Waals surface area (Å²) in [6, 6.07) is 15.9. The van der Waals surface area contributed by atoms with Crippen molar-refractivity contribution in [1.29, 1.82) is 0 Å². The number of hydrogen-bond donors (Lipinski definition) is 3. The van der Waals surface area contributed by atoms with E-state index in [9.17, 15) is 19.5 Å². The maximum absolute atomic E-state index is 13.1. The van der Waals surface area contributed by atoms with Gasteiger partial charge in [0.05, 0.1) is 6.42 Å². The molecule has 0 radical (unpaired) electrons. The SMILES string of the molecule is O=C(O)CC(NC(=O)C1(NC(=O)OCC2c3ccccc3-c3ccccc32)CC1)C1CCCCC1. The lowest BCUT2D eigenvalue weighted by molar-refractivity contribution is -0.138. The topological polar surface area (TPSA) is 105 Å². The largest absolute Gasteiger partial charge is 0.481 e. The van der Waals surface area contributed by atoms with Crippen LogP contribution >= 0.6 is 0 Å². The van der Waals surface area contributed by atoms with Gasteiger partial charge < -0.3 is 20.5 Å². The van der Waals surface area contributed by atoms with E-state index in [2.05, 4.69) is 34.9 Å². The van der Waals surface area contributed by atoms with Crippen molar-refractivity contribution in [3.8, 4) is 11.1 Å². The summed E-state index contributed by atoms with van der Waals surface area (Å²) in [5.41, 5.74) is 3.56. The van der Waals surface area contributed by atoms with Crippen molar-refractivity contribution in [3.05, 3.63) is 59.7 Å². The number of aliphatic carboxylic acids is 1. The monoisotopic (exact) mass is 476 g/mol. The molecule has 0 heterocycles. The first-order valence-corrected chi connectivity index (χ1v) is 12.6. The van der Waals surface area contributed by atoms with Crippen LogP contribution in [0.3, 0.4) is 0 Å². The molecular formula is C28H32N2O5. The Bertz CT molecular complexity index is 1070. The molecule has 0 bridgehead atoms. The quantitative estimate of drug-likeness (QED) is 0.517. The van der Waals surface area contributed by atoms with E-state index >= 15 is 0 Å². The van der Waals surface area contributed by atoms with Gasteiger partial charge in [0.25, 0.3) is 0 Å². The van der Waals surface area contributed by atoms with Gasteiger partial charge in [0, 0.05) is 12.0 Å². The van der Waals surface area contributed by atoms with Gasteiger partial charge in [-0.15, -0.1) is 0 Å². The minimum atomic E-state index is -1.01. The first-order chi connectivity index (χ1) is 17.0. The van der Waals surface area contributed by atoms with Gasteiger partial charge in [-0.3, -0.25) is 9.59 Å². The van der Waals surface area contributed by atoms with Gasteiger partial charge in [-0.25, -0.2) is 4.79 Å². The van der Waals surface area contributed by atoms with Crippen molar-refractivity contribution in [3.63, 3.8) is 0 Å². The molecule has 2 amide bonds. The van der Waals surface area contributed by atoms with E-state index < -0.39 is 23.6 Å². The molecule has 0 spiro atoms. The molecule has 5 rings (SSSR count). The molecule has 0 aromatic heterocycles. The molecule has 1 atom stereocenters. The summed E-state index contributed by atoms with van der Waals surface area (Å²) in [5, 5.41) is 15.1. The molecular weight excluding hydrogens is 444 g/mol. The van der Waals surface area contributed by atoms with Gasteiger partial charge in [-0.2, -0.15) is 0 Å². The Morgan fingerprint density at radius 1 is 0.943 bits per heavy atom. The molecule has 35 heavy (non-hydrogen) atoms. The predicted molar refractivity (Wildman–Crippen MR) is 131 cm³/mol. The Kier molecular flexibility index (Phi) is 6.50. The van der Waals surface area contributed by atoms with E-state index in [0.717, 1.165) is 54.4 Å². The number of hydrogen-bond acceptors (Lipinski definition) is 4. The van der Waals surface area contributed by atoms with Gasteiger partial charge in [-0.1, -0.05) is 67.8 Å². The zero-order chi connectivity index (χ0) is 24.4. The number of rotatable bonds is 8. The first-order valence-electron chi connectivity index (χ1n) is 12.6. The lowest BCUT2D eigenvalue weighted by Gasteiger charge is -2.31. The number of benzene rings is 2. The van der Waals surface area contributed by atoms with Crippen LogP contribution < -0.4 is 10.6 Å². The van der Waals surface area contributed by atoms with E-state index in [1.807, 2.05) is 24.3 Å². The zero-order valence-corrected chi connectivity index (χ0v) is 19.8. The summed E-state index contributed by atoms with van der Waals surface area (Å²) >= 11 is 0. The van der Waals surface area contributed by atoms with Gasteiger partial charge >= 0.3 is 12.1 Å². The van der Waals surface area contributed by atoms with E-state index in [0.29, 0.717) is 12.8 Å². The highest BCUT2D eigenvalue weighted by molar-refractivity contribution is 5.93. The fourth-order valence-electron chi connectivity index (χ4n) is 5.73. The molecule has 3 aliphatic carbocycles. The third-order valence-corrected chi connectivity index (χ3v) is 7.80. The van der Waals surface area contributed by atoms with Crippen molar-refractivity contribution in [1.82, 2.24) is 10.6 Å². The number of carbonyl (C=O) groups excluding carboxylic acids is 2. The standard InChI is InChI=1S/C28H32N2O5/c31-25(32)16-24(18-8-2-1-3-9-18)29-26(33)28(14-15-28)30-27(34)35-17-23-21-12-6-4-10-19(21)20-11-5-7-13-22(20)23/h4-7,10-13,18,23-24H,1-3,8-9,14-17H2,(H,29,33)(H,30,34)(H,31,32). The van der Waals surface area contributed by atoms with Crippen molar-refractivity contribution >= 4 is 18.0 Å². The molecule has 3 aliphatic rings. The second-order valence-corrected chi connectivity index (χ2v) is 10.1. The fourth-order valence-corrected chi connectivity index (χ4v) is 5.73. The van der Waals surface area contributed by atoms with Crippen LogP contribution in [0.25, 0.3) is 11.1 Å². The fraction of sp³-hybridized carbons (Fsp3) is 0.464. The Labute approximate surface area is 205 Å². The summed E-state index contributed by atoms with van der Waals surface area (Å²) in [7, 11) is 0. The normalized spacial score (nSPS) is 19.2. The number of nitrogens with one attached hydrogen (secondary N) is 2. The molecule has 0 saturated heterocycles. The van der Waals surface area contributed by atoms with E-state index in [4.69, 9.17) is 4.74 Å². The lowest BCUT2D eigenvalue weighted by Crippen LogP contribution is -2.53. The van der Waals surface area contributed by atoms with Crippen LogP contribution in [0, 0.1) is 5.92 Å². The van der Waals surface area contributed by atoms with Crippen LogP contribution in [0.4, 0.5) is 4.79 Å². The Morgan fingerprint density at radius 3 is 2.11 bits per heavy atom. The van der Waals surface area contributed by atoms with E-state index in [-0.39, 0.29) is 30.8 Å². The van der Waals surface area contributed by atoms with Gasteiger partial charge in [0.2, 0.25) is 5.91 Å². The number of carboxylic acid groups (broad SMARTS) is 1. The Morgan fingerprint density at radius 2 is 1.54 bits per heavy atom. The number of fused-ring (bicyclic) bond motifs is 3. The maximum atomic E-state index is 13.1. The molecule has 3 N–H and O–H groups in total. The highest BCUT2D eigenvalue weighted by atomic mass is 16.5. The molecule has 2 fully saturated rings. The van der Waals surface area contributed by atoms with E-state index in [1.54, 1.807) is 0 Å². The number of alkyl carbamates (subject to hydrolysis) is 1. The third kappa shape index (κ3) is 4.90. The summed E-state index contributed by atoms with van der Waals surface area (Å²) in [6.07, 6.45) is 5.43. The number of carboxylic acids is 1. The minimum Gasteiger partial charge on any atom is -0.481 e. The number of amides is 2. The van der Waals surface area contributed by atoms with Crippen LogP contribution in [0.2, 0.25) is 0 Å². The number of carbonyl (C=O) groups is 3. The van der Waals surface area contributed by atoms with Gasteiger partial charge in [0.1, 0.15) is 12.1 Å². The summed E-state index contributed by atoms with van der Waals surface area (Å²) in [4.78, 5) is 37.3.